The number of hydrogen-bond acceptors (Lipinski definition) is 5. The maximum absolute atomic E-state index is 13.6. The molecule has 0 saturated heterocycles. The third kappa shape index (κ3) is 6.21. The van der Waals surface area contributed by atoms with E-state index in [2.05, 4.69) is 10.6 Å². The van der Waals surface area contributed by atoms with E-state index in [0.29, 0.717) is 26.9 Å². The summed E-state index contributed by atoms with van der Waals surface area (Å²) in [6.45, 7) is 1.80. The first-order valence-electron chi connectivity index (χ1n) is 11.2. The molecular formula is C27H24ClN3O4S. The predicted molar refractivity (Wildman–Crippen MR) is 140 cm³/mol. The van der Waals surface area contributed by atoms with Crippen molar-refractivity contribution in [2.45, 2.75) is 19.5 Å². The predicted octanol–water partition coefficient (Wildman–Crippen LogP) is 5.12. The van der Waals surface area contributed by atoms with Gasteiger partial charge in [0.1, 0.15) is 11.8 Å². The quantitative estimate of drug-likeness (QED) is 0.319. The molecule has 0 aliphatic rings. The molecule has 184 valence electrons. The number of thiophene rings is 1. The molecule has 7 nitrogen and oxygen atoms in total. The summed E-state index contributed by atoms with van der Waals surface area (Å²) < 4.78 is 5.33. The molecule has 3 amide bonds. The van der Waals surface area contributed by atoms with Gasteiger partial charge in [-0.2, -0.15) is 0 Å². The molecule has 0 spiro atoms. The van der Waals surface area contributed by atoms with Crippen LogP contribution in [0.4, 0.5) is 5.69 Å². The molecule has 2 aromatic heterocycles. The smallest absolute Gasteiger partial charge is 0.261 e. The van der Waals surface area contributed by atoms with Gasteiger partial charge in [0.2, 0.25) is 11.8 Å². The van der Waals surface area contributed by atoms with E-state index in [4.69, 9.17) is 16.0 Å². The zero-order valence-electron chi connectivity index (χ0n) is 19.4. The van der Waals surface area contributed by atoms with Crippen LogP contribution in [0.3, 0.4) is 0 Å². The molecule has 2 N–H and O–H groups in total. The van der Waals surface area contributed by atoms with Gasteiger partial charge >= 0.3 is 0 Å². The number of aryl methyl sites for hydroxylation is 1. The largest absolute Gasteiger partial charge is 0.467 e. The molecule has 2 heterocycles. The summed E-state index contributed by atoms with van der Waals surface area (Å²) in [6.07, 6.45) is 1.53. The van der Waals surface area contributed by atoms with Gasteiger partial charge < -0.3 is 15.1 Å². The molecule has 0 aliphatic heterocycles. The minimum absolute atomic E-state index is 0.159. The molecule has 4 aromatic rings. The molecule has 2 aromatic carbocycles. The van der Waals surface area contributed by atoms with Crippen LogP contribution in [-0.2, 0) is 16.1 Å². The molecule has 0 aliphatic carbocycles. The Labute approximate surface area is 217 Å². The van der Waals surface area contributed by atoms with E-state index in [1.807, 2.05) is 31.2 Å². The van der Waals surface area contributed by atoms with Crippen LogP contribution in [0.5, 0.6) is 0 Å². The highest BCUT2D eigenvalue weighted by atomic mass is 35.5. The number of benzene rings is 2. The molecule has 0 radical (unpaired) electrons. The third-order valence-corrected chi connectivity index (χ3v) is 6.56. The van der Waals surface area contributed by atoms with Crippen molar-refractivity contribution in [3.63, 3.8) is 0 Å². The molecule has 0 fully saturated rings. The number of rotatable bonds is 9. The average molecular weight is 522 g/mol. The molecule has 9 heteroatoms. The van der Waals surface area contributed by atoms with Crippen molar-refractivity contribution in [3.8, 4) is 0 Å². The Hall–Kier alpha value is -3.88. The number of hydrogen-bond donors (Lipinski definition) is 2. The van der Waals surface area contributed by atoms with Gasteiger partial charge in [-0.05, 0) is 60.3 Å². The van der Waals surface area contributed by atoms with E-state index < -0.39 is 17.9 Å². The van der Waals surface area contributed by atoms with Crippen molar-refractivity contribution in [2.75, 3.05) is 11.4 Å². The summed E-state index contributed by atoms with van der Waals surface area (Å²) in [6, 6.07) is 19.9. The maximum atomic E-state index is 13.6. The van der Waals surface area contributed by atoms with Crippen molar-refractivity contribution in [2.24, 2.45) is 0 Å². The lowest BCUT2D eigenvalue weighted by atomic mass is 10.0. The summed E-state index contributed by atoms with van der Waals surface area (Å²) in [5, 5.41) is 7.80. The number of carbonyl (C=O) groups is 3. The third-order valence-electron chi connectivity index (χ3n) is 5.44. The summed E-state index contributed by atoms with van der Waals surface area (Å²) >= 11 is 7.37. The van der Waals surface area contributed by atoms with Crippen molar-refractivity contribution in [1.82, 2.24) is 10.6 Å². The minimum Gasteiger partial charge on any atom is -0.467 e. The van der Waals surface area contributed by atoms with Crippen LogP contribution in [0.25, 0.3) is 0 Å². The van der Waals surface area contributed by atoms with Gasteiger partial charge in [0.25, 0.3) is 5.91 Å². The van der Waals surface area contributed by atoms with E-state index in [9.17, 15) is 14.4 Å². The molecule has 1 atom stereocenters. The average Bonchev–Trinajstić information content (AvgIpc) is 3.60. The number of halogens is 1. The second-order valence-electron chi connectivity index (χ2n) is 8.01. The van der Waals surface area contributed by atoms with Crippen molar-refractivity contribution in [3.05, 3.63) is 111 Å². The summed E-state index contributed by atoms with van der Waals surface area (Å²) in [5.41, 5.74) is 2.10. The van der Waals surface area contributed by atoms with Crippen LogP contribution >= 0.6 is 22.9 Å². The number of amides is 3. The second kappa shape index (κ2) is 11.7. The molecule has 36 heavy (non-hydrogen) atoms. The highest BCUT2D eigenvalue weighted by Gasteiger charge is 2.33. The topological polar surface area (TPSA) is 91.7 Å². The minimum atomic E-state index is -1.01. The number of anilines is 1. The normalized spacial score (nSPS) is 11.5. The van der Waals surface area contributed by atoms with E-state index in [0.717, 1.165) is 5.56 Å². The van der Waals surface area contributed by atoms with Gasteiger partial charge in [0.15, 0.2) is 0 Å². The Morgan fingerprint density at radius 2 is 1.72 bits per heavy atom. The van der Waals surface area contributed by atoms with Gasteiger partial charge in [-0.1, -0.05) is 47.5 Å². The first kappa shape index (κ1) is 25.2. The number of furan rings is 1. The van der Waals surface area contributed by atoms with Gasteiger partial charge in [-0.25, -0.2) is 0 Å². The highest BCUT2D eigenvalue weighted by Crippen LogP contribution is 2.29. The zero-order chi connectivity index (χ0) is 25.5. The van der Waals surface area contributed by atoms with Gasteiger partial charge in [-0.15, -0.1) is 11.3 Å². The fourth-order valence-corrected chi connectivity index (χ4v) is 4.39. The highest BCUT2D eigenvalue weighted by molar-refractivity contribution is 7.12. The molecular weight excluding hydrogens is 498 g/mol. The second-order valence-corrected chi connectivity index (χ2v) is 9.39. The van der Waals surface area contributed by atoms with Crippen LogP contribution in [0.2, 0.25) is 5.02 Å². The van der Waals surface area contributed by atoms with Crippen LogP contribution in [0, 0.1) is 6.92 Å². The van der Waals surface area contributed by atoms with Crippen molar-refractivity contribution in [1.29, 1.82) is 0 Å². The van der Waals surface area contributed by atoms with E-state index >= 15 is 0 Å². The standard InChI is InChI=1S/C27H24ClN3O4S/c1-18-6-8-19(9-7-18)25(27(34)29-16-22-4-2-14-35-22)31(21-12-10-20(28)11-13-21)24(32)17-30-26(33)23-5-3-15-36-23/h2-15,25H,16-17H2,1H3,(H,29,34)(H,30,33)/t25-/m1/s1. The molecule has 4 rings (SSSR count). The van der Waals surface area contributed by atoms with Crippen LogP contribution in [0.1, 0.15) is 32.6 Å². The lowest BCUT2D eigenvalue weighted by Crippen LogP contribution is -2.47. The van der Waals surface area contributed by atoms with Crippen molar-refractivity contribution < 1.29 is 18.8 Å². The molecule has 0 saturated carbocycles. The lowest BCUT2D eigenvalue weighted by Gasteiger charge is -2.31. The summed E-state index contributed by atoms with van der Waals surface area (Å²) in [4.78, 5) is 41.5. The summed E-state index contributed by atoms with van der Waals surface area (Å²) in [5.74, 6) is -0.633. The number of carbonyl (C=O) groups excluding carboxylic acids is 3. The fourth-order valence-electron chi connectivity index (χ4n) is 3.63. The van der Waals surface area contributed by atoms with Crippen LogP contribution in [-0.4, -0.2) is 24.3 Å². The maximum Gasteiger partial charge on any atom is 0.261 e. The first-order chi connectivity index (χ1) is 17.4. The Morgan fingerprint density at radius 3 is 2.36 bits per heavy atom. The Kier molecular flexibility index (Phi) is 8.20. The van der Waals surface area contributed by atoms with E-state index in [-0.39, 0.29) is 19.0 Å². The fraction of sp³-hybridized carbons (Fsp3) is 0.148. The summed E-state index contributed by atoms with van der Waals surface area (Å²) in [7, 11) is 0. The molecule has 0 unspecified atom stereocenters. The van der Waals surface area contributed by atoms with Gasteiger partial charge in [0.05, 0.1) is 24.2 Å². The number of nitrogens with one attached hydrogen (secondary N) is 2. The van der Waals surface area contributed by atoms with E-state index in [1.165, 1.54) is 22.5 Å². The Bertz CT molecular complexity index is 1300. The first-order valence-corrected chi connectivity index (χ1v) is 12.4. The van der Waals surface area contributed by atoms with Crippen LogP contribution in [0.15, 0.2) is 88.9 Å². The number of nitrogens with zero attached hydrogens (tertiary/aromatic N) is 1. The van der Waals surface area contributed by atoms with Gasteiger partial charge in [-0.3, -0.25) is 19.3 Å². The SMILES string of the molecule is Cc1ccc([C@H](C(=O)NCc2ccco2)N(C(=O)CNC(=O)c2cccs2)c2ccc(Cl)cc2)cc1. The van der Waals surface area contributed by atoms with Gasteiger partial charge in [0, 0.05) is 10.7 Å². The van der Waals surface area contributed by atoms with Crippen molar-refractivity contribution >= 4 is 46.3 Å². The zero-order valence-corrected chi connectivity index (χ0v) is 21.0. The Balaban J connectivity index is 1.67. The Morgan fingerprint density at radius 1 is 0.972 bits per heavy atom. The molecule has 0 bridgehead atoms. The van der Waals surface area contributed by atoms with E-state index in [1.54, 1.807) is 53.9 Å². The monoisotopic (exact) mass is 521 g/mol. The lowest BCUT2D eigenvalue weighted by molar-refractivity contribution is -0.126. The van der Waals surface area contributed by atoms with Crippen LogP contribution < -0.4 is 15.5 Å².